The highest BCUT2D eigenvalue weighted by molar-refractivity contribution is 9.13. The Kier molecular flexibility index (Phi) is 2.87. The third-order valence-electron chi connectivity index (χ3n) is 1.86. The number of fused-ring (bicyclic) bond motifs is 1. The fraction of sp³-hybridized carbons (Fsp3) is 0. The van der Waals surface area contributed by atoms with Crippen molar-refractivity contribution < 1.29 is 0 Å². The zero-order valence-corrected chi connectivity index (χ0v) is 11.8. The van der Waals surface area contributed by atoms with Gasteiger partial charge in [-0.15, -0.1) is 0 Å². The van der Waals surface area contributed by atoms with Gasteiger partial charge in [-0.3, -0.25) is 9.78 Å². The van der Waals surface area contributed by atoms with Crippen molar-refractivity contribution in [1.29, 1.82) is 0 Å². The van der Waals surface area contributed by atoms with Crippen molar-refractivity contribution in [3.8, 4) is 0 Å². The second-order valence-corrected chi connectivity index (χ2v) is 5.31. The quantitative estimate of drug-likeness (QED) is 0.670. The van der Waals surface area contributed by atoms with Gasteiger partial charge in [0.25, 0.3) is 5.56 Å². The summed E-state index contributed by atoms with van der Waals surface area (Å²) in [6, 6.07) is 1.75. The van der Waals surface area contributed by atoms with Crippen LogP contribution in [0.2, 0.25) is 0 Å². The van der Waals surface area contributed by atoms with Gasteiger partial charge in [0.15, 0.2) is 0 Å². The lowest BCUT2D eigenvalue weighted by atomic mass is 10.2. The van der Waals surface area contributed by atoms with Crippen LogP contribution < -0.4 is 11.2 Å². The predicted octanol–water partition coefficient (Wildman–Crippen LogP) is 2.50. The molecule has 0 radical (unpaired) electrons. The SMILES string of the molecule is O=c1[nH]c(=O)c2c(Br)c(Br)cc(Br)c2[nH]1. The molecule has 0 aliphatic heterocycles. The summed E-state index contributed by atoms with van der Waals surface area (Å²) in [7, 11) is 0. The summed E-state index contributed by atoms with van der Waals surface area (Å²) in [5, 5.41) is 0.399. The summed E-state index contributed by atoms with van der Waals surface area (Å²) in [6.07, 6.45) is 0. The van der Waals surface area contributed by atoms with Crippen molar-refractivity contribution in [3.63, 3.8) is 0 Å². The van der Waals surface area contributed by atoms with Gasteiger partial charge >= 0.3 is 5.69 Å². The topological polar surface area (TPSA) is 65.7 Å². The Labute approximate surface area is 108 Å². The third-order valence-corrected chi connectivity index (χ3v) is 4.47. The highest BCUT2D eigenvalue weighted by atomic mass is 79.9. The Morgan fingerprint density at radius 2 is 1.67 bits per heavy atom. The fourth-order valence-corrected chi connectivity index (χ4v) is 2.99. The first-order valence-electron chi connectivity index (χ1n) is 3.80. The van der Waals surface area contributed by atoms with Gasteiger partial charge in [0.2, 0.25) is 0 Å². The third kappa shape index (κ3) is 1.83. The van der Waals surface area contributed by atoms with Crippen LogP contribution in [0.5, 0.6) is 0 Å². The highest BCUT2D eigenvalue weighted by Gasteiger charge is 2.11. The van der Waals surface area contributed by atoms with Gasteiger partial charge in [-0.1, -0.05) is 0 Å². The van der Waals surface area contributed by atoms with Gasteiger partial charge in [-0.2, -0.15) is 0 Å². The molecule has 1 aromatic carbocycles. The lowest BCUT2D eigenvalue weighted by Gasteiger charge is -2.03. The van der Waals surface area contributed by atoms with Crippen LogP contribution in [0.1, 0.15) is 0 Å². The molecule has 0 amide bonds. The predicted molar refractivity (Wildman–Crippen MR) is 68.3 cm³/mol. The van der Waals surface area contributed by atoms with E-state index in [0.29, 0.717) is 19.8 Å². The molecule has 0 aliphatic rings. The maximum atomic E-state index is 11.6. The Bertz CT molecular complexity index is 659. The van der Waals surface area contributed by atoms with E-state index in [1.165, 1.54) is 0 Å². The summed E-state index contributed by atoms with van der Waals surface area (Å²) in [5.41, 5.74) is -0.483. The smallest absolute Gasteiger partial charge is 0.306 e. The van der Waals surface area contributed by atoms with Gasteiger partial charge in [-0.25, -0.2) is 4.79 Å². The molecule has 0 saturated heterocycles. The zero-order chi connectivity index (χ0) is 11.2. The number of nitrogens with one attached hydrogen (secondary N) is 2. The van der Waals surface area contributed by atoms with Gasteiger partial charge < -0.3 is 4.98 Å². The molecular formula is C8H3Br3N2O2. The number of benzene rings is 1. The lowest BCUT2D eigenvalue weighted by Crippen LogP contribution is -2.22. The molecule has 0 bridgehead atoms. The van der Waals surface area contributed by atoms with E-state index in [-0.39, 0.29) is 0 Å². The number of aromatic amines is 2. The Balaban J connectivity index is 3.17. The van der Waals surface area contributed by atoms with Gasteiger partial charge in [0.1, 0.15) is 0 Å². The number of halogens is 3. The van der Waals surface area contributed by atoms with E-state index in [4.69, 9.17) is 0 Å². The van der Waals surface area contributed by atoms with Gasteiger partial charge in [-0.05, 0) is 53.9 Å². The zero-order valence-electron chi connectivity index (χ0n) is 7.03. The molecule has 15 heavy (non-hydrogen) atoms. The van der Waals surface area contributed by atoms with Crippen molar-refractivity contribution >= 4 is 58.7 Å². The molecule has 4 nitrogen and oxygen atoms in total. The first kappa shape index (κ1) is 11.1. The molecule has 0 aliphatic carbocycles. The summed E-state index contributed by atoms with van der Waals surface area (Å²) in [6.45, 7) is 0. The Morgan fingerprint density at radius 3 is 2.33 bits per heavy atom. The van der Waals surface area contributed by atoms with Crippen LogP contribution in [0.25, 0.3) is 10.9 Å². The van der Waals surface area contributed by atoms with E-state index in [0.717, 1.165) is 4.47 Å². The second kappa shape index (κ2) is 3.88. The molecular weight excluding hydrogens is 396 g/mol. The van der Waals surface area contributed by atoms with Crippen molar-refractivity contribution in [2.24, 2.45) is 0 Å². The van der Waals surface area contributed by atoms with Crippen LogP contribution >= 0.6 is 47.8 Å². The summed E-state index contributed by atoms with van der Waals surface area (Å²) in [5.74, 6) is 0. The van der Waals surface area contributed by atoms with E-state index < -0.39 is 11.2 Å². The average molecular weight is 399 g/mol. The van der Waals surface area contributed by atoms with Gasteiger partial charge in [0.05, 0.1) is 10.9 Å². The van der Waals surface area contributed by atoms with E-state index in [2.05, 4.69) is 57.8 Å². The minimum absolute atomic E-state index is 0.399. The van der Waals surface area contributed by atoms with Crippen LogP contribution in [0, 0.1) is 0 Å². The number of hydrogen-bond donors (Lipinski definition) is 2. The minimum atomic E-state index is -0.526. The lowest BCUT2D eigenvalue weighted by molar-refractivity contribution is 1.08. The van der Waals surface area contributed by atoms with E-state index >= 15 is 0 Å². The second-order valence-electron chi connectivity index (χ2n) is 2.81. The maximum absolute atomic E-state index is 11.6. The highest BCUT2D eigenvalue weighted by Crippen LogP contribution is 2.33. The van der Waals surface area contributed by atoms with Crippen molar-refractivity contribution in [2.45, 2.75) is 0 Å². The van der Waals surface area contributed by atoms with Crippen molar-refractivity contribution in [2.75, 3.05) is 0 Å². The molecule has 0 unspecified atom stereocenters. The normalized spacial score (nSPS) is 10.9. The Hall–Kier alpha value is -0.400. The number of hydrogen-bond acceptors (Lipinski definition) is 2. The van der Waals surface area contributed by atoms with Crippen LogP contribution in [0.15, 0.2) is 29.1 Å². The minimum Gasteiger partial charge on any atom is -0.306 e. The molecule has 0 spiro atoms. The van der Waals surface area contributed by atoms with E-state index in [1.807, 2.05) is 0 Å². The molecule has 78 valence electrons. The first-order chi connectivity index (χ1) is 7.00. The van der Waals surface area contributed by atoms with Crippen LogP contribution in [0.3, 0.4) is 0 Å². The van der Waals surface area contributed by atoms with Crippen molar-refractivity contribution in [1.82, 2.24) is 9.97 Å². The number of H-pyrrole nitrogens is 2. The molecule has 0 saturated carbocycles. The van der Waals surface area contributed by atoms with Crippen LogP contribution in [0.4, 0.5) is 0 Å². The molecule has 1 aromatic heterocycles. The molecule has 7 heteroatoms. The summed E-state index contributed by atoms with van der Waals surface area (Å²) < 4.78 is 1.99. The standard InChI is InChI=1S/C8H3Br3N2O2/c9-2-1-3(10)6-4(5(2)11)7(14)13-8(15)12-6/h1H,(H2,12,13,14,15). The van der Waals surface area contributed by atoms with Crippen LogP contribution in [-0.2, 0) is 0 Å². The number of aromatic nitrogens is 2. The molecule has 1 heterocycles. The number of rotatable bonds is 0. The summed E-state index contributed by atoms with van der Waals surface area (Å²) >= 11 is 9.86. The molecule has 0 fully saturated rings. The van der Waals surface area contributed by atoms with Crippen LogP contribution in [-0.4, -0.2) is 9.97 Å². The van der Waals surface area contributed by atoms with E-state index in [9.17, 15) is 9.59 Å². The summed E-state index contributed by atoms with van der Waals surface area (Å²) in [4.78, 5) is 27.4. The largest absolute Gasteiger partial charge is 0.326 e. The fourth-order valence-electron chi connectivity index (χ4n) is 1.24. The Morgan fingerprint density at radius 1 is 1.00 bits per heavy atom. The molecule has 2 aromatic rings. The first-order valence-corrected chi connectivity index (χ1v) is 6.18. The van der Waals surface area contributed by atoms with Crippen molar-refractivity contribution in [3.05, 3.63) is 40.3 Å². The average Bonchev–Trinajstić information content (AvgIpc) is 2.13. The molecule has 0 atom stereocenters. The molecule has 2 N–H and O–H groups in total. The molecule has 2 rings (SSSR count). The van der Waals surface area contributed by atoms with Gasteiger partial charge in [0, 0.05) is 13.4 Å². The van der Waals surface area contributed by atoms with E-state index in [1.54, 1.807) is 6.07 Å². The maximum Gasteiger partial charge on any atom is 0.326 e. The monoisotopic (exact) mass is 396 g/mol.